The molecule has 0 aromatic carbocycles. The van der Waals surface area contributed by atoms with E-state index in [9.17, 15) is 4.79 Å². The van der Waals surface area contributed by atoms with Gasteiger partial charge in [-0.3, -0.25) is 0 Å². The second-order valence-corrected chi connectivity index (χ2v) is 4.82. The van der Waals surface area contributed by atoms with E-state index in [1.165, 1.54) is 10.4 Å². The van der Waals surface area contributed by atoms with Crippen molar-refractivity contribution in [2.45, 2.75) is 32.6 Å². The van der Waals surface area contributed by atoms with Gasteiger partial charge in [0.05, 0.1) is 0 Å². The lowest BCUT2D eigenvalue weighted by Crippen LogP contribution is -2.08. The highest BCUT2D eigenvalue weighted by molar-refractivity contribution is 7.11. The first-order chi connectivity index (χ1) is 7.20. The van der Waals surface area contributed by atoms with E-state index < -0.39 is 5.97 Å². The summed E-state index contributed by atoms with van der Waals surface area (Å²) in [7, 11) is 0. The molecular weight excluding hydrogens is 208 g/mol. The van der Waals surface area contributed by atoms with E-state index in [1.807, 2.05) is 12.3 Å². The molecule has 1 aromatic rings. The van der Waals surface area contributed by atoms with E-state index in [2.05, 4.69) is 6.07 Å². The van der Waals surface area contributed by atoms with Crippen molar-refractivity contribution in [2.24, 2.45) is 0 Å². The van der Waals surface area contributed by atoms with Gasteiger partial charge >= 0.3 is 5.97 Å². The van der Waals surface area contributed by atoms with Crippen LogP contribution in [-0.4, -0.2) is 11.1 Å². The van der Waals surface area contributed by atoms with Crippen LogP contribution in [0.15, 0.2) is 17.0 Å². The van der Waals surface area contributed by atoms with Crippen molar-refractivity contribution in [3.05, 3.63) is 27.5 Å². The van der Waals surface area contributed by atoms with E-state index in [1.54, 1.807) is 11.3 Å². The zero-order valence-electron chi connectivity index (χ0n) is 8.75. The number of carboxylic acids is 1. The predicted octanol–water partition coefficient (Wildman–Crippen LogP) is 3.47. The summed E-state index contributed by atoms with van der Waals surface area (Å²) in [6.07, 6.45) is 3.77. The van der Waals surface area contributed by atoms with Crippen LogP contribution in [0.1, 0.15) is 36.1 Å². The Hall–Kier alpha value is -1.09. The first-order valence-corrected chi connectivity index (χ1v) is 6.08. The third kappa shape index (κ3) is 1.97. The molecule has 0 bridgehead atoms. The maximum absolute atomic E-state index is 11.1. The van der Waals surface area contributed by atoms with Crippen LogP contribution in [0.4, 0.5) is 0 Å². The van der Waals surface area contributed by atoms with Crippen LogP contribution in [-0.2, 0) is 4.79 Å². The highest BCUT2D eigenvalue weighted by atomic mass is 32.1. The van der Waals surface area contributed by atoms with E-state index >= 15 is 0 Å². The van der Waals surface area contributed by atoms with Gasteiger partial charge in [0.2, 0.25) is 0 Å². The Balaban J connectivity index is 2.48. The molecule has 0 atom stereocenters. The van der Waals surface area contributed by atoms with Gasteiger partial charge in [0.15, 0.2) is 0 Å². The Bertz CT molecular complexity index is 415. The third-order valence-electron chi connectivity index (χ3n) is 2.86. The average molecular weight is 222 g/mol. The van der Waals surface area contributed by atoms with Gasteiger partial charge in [-0.15, -0.1) is 11.3 Å². The van der Waals surface area contributed by atoms with Crippen LogP contribution in [0, 0.1) is 6.92 Å². The number of carbonyl (C=O) groups is 1. The van der Waals surface area contributed by atoms with E-state index in [-0.39, 0.29) is 0 Å². The molecule has 0 fully saturated rings. The number of rotatable bonds is 2. The molecule has 0 saturated carbocycles. The Morgan fingerprint density at radius 2 is 2.13 bits per heavy atom. The lowest BCUT2D eigenvalue weighted by atomic mass is 9.90. The molecule has 0 amide bonds. The van der Waals surface area contributed by atoms with Crippen molar-refractivity contribution in [2.75, 3.05) is 0 Å². The maximum Gasteiger partial charge on any atom is 0.331 e. The van der Waals surface area contributed by atoms with Crippen molar-refractivity contribution < 1.29 is 9.90 Å². The molecule has 2 rings (SSSR count). The highest BCUT2D eigenvalue weighted by Crippen LogP contribution is 2.36. The minimum Gasteiger partial charge on any atom is -0.478 e. The summed E-state index contributed by atoms with van der Waals surface area (Å²) >= 11 is 1.66. The first-order valence-electron chi connectivity index (χ1n) is 5.20. The quantitative estimate of drug-likeness (QED) is 0.832. The number of carboxylic acid groups (broad SMARTS) is 1. The van der Waals surface area contributed by atoms with Crippen LogP contribution < -0.4 is 0 Å². The molecule has 0 radical (unpaired) electrons. The van der Waals surface area contributed by atoms with Gasteiger partial charge in [-0.05, 0) is 55.2 Å². The molecule has 1 aliphatic rings. The fourth-order valence-corrected chi connectivity index (χ4v) is 3.10. The van der Waals surface area contributed by atoms with Crippen molar-refractivity contribution >= 4 is 22.9 Å². The van der Waals surface area contributed by atoms with Crippen molar-refractivity contribution in [1.29, 1.82) is 0 Å². The molecule has 0 spiro atoms. The molecule has 0 aliphatic heterocycles. The second kappa shape index (κ2) is 4.19. The number of hydrogen-bond acceptors (Lipinski definition) is 2. The lowest BCUT2D eigenvalue weighted by Gasteiger charge is -2.17. The summed E-state index contributed by atoms with van der Waals surface area (Å²) in [5.74, 6) is -0.738. The van der Waals surface area contributed by atoms with Gasteiger partial charge in [-0.25, -0.2) is 4.79 Å². The largest absolute Gasteiger partial charge is 0.478 e. The summed E-state index contributed by atoms with van der Waals surface area (Å²) in [5.41, 5.74) is 2.91. The van der Waals surface area contributed by atoms with Gasteiger partial charge < -0.3 is 5.11 Å². The number of thiophene rings is 1. The minimum absolute atomic E-state index is 0.631. The van der Waals surface area contributed by atoms with Gasteiger partial charge in [0.1, 0.15) is 0 Å². The molecular formula is C12H14O2S. The Morgan fingerprint density at radius 3 is 2.73 bits per heavy atom. The van der Waals surface area contributed by atoms with Crippen LogP contribution in [0.3, 0.4) is 0 Å². The fourth-order valence-electron chi connectivity index (χ4n) is 2.07. The molecule has 2 nitrogen and oxygen atoms in total. The highest BCUT2D eigenvalue weighted by Gasteiger charge is 2.21. The monoisotopic (exact) mass is 222 g/mol. The van der Waals surface area contributed by atoms with E-state index in [0.29, 0.717) is 5.57 Å². The summed E-state index contributed by atoms with van der Waals surface area (Å²) in [4.78, 5) is 12.3. The summed E-state index contributed by atoms with van der Waals surface area (Å²) in [5, 5.41) is 11.2. The molecule has 1 aliphatic carbocycles. The topological polar surface area (TPSA) is 37.3 Å². The minimum atomic E-state index is -0.738. The fraction of sp³-hybridized carbons (Fsp3) is 0.417. The standard InChI is InChI=1S/C12H14O2S/c1-8-6-7-15-11(8)9-4-2-3-5-10(9)12(13)14/h6-7H,2-5H2,1H3,(H,13,14). The second-order valence-electron chi connectivity index (χ2n) is 3.90. The van der Waals surface area contributed by atoms with Crippen LogP contribution in [0.2, 0.25) is 0 Å². The van der Waals surface area contributed by atoms with E-state index in [4.69, 9.17) is 5.11 Å². The normalized spacial score (nSPS) is 16.9. The van der Waals surface area contributed by atoms with Crippen molar-refractivity contribution in [3.8, 4) is 0 Å². The molecule has 1 heterocycles. The van der Waals surface area contributed by atoms with Gasteiger partial charge in [0.25, 0.3) is 0 Å². The molecule has 0 unspecified atom stereocenters. The average Bonchev–Trinajstić information content (AvgIpc) is 2.64. The molecule has 15 heavy (non-hydrogen) atoms. The predicted molar refractivity (Wildman–Crippen MR) is 62.1 cm³/mol. The van der Waals surface area contributed by atoms with Crippen LogP contribution in [0.25, 0.3) is 5.57 Å². The zero-order chi connectivity index (χ0) is 10.8. The zero-order valence-corrected chi connectivity index (χ0v) is 9.56. The number of allylic oxidation sites excluding steroid dienone is 1. The van der Waals surface area contributed by atoms with Crippen LogP contribution >= 0.6 is 11.3 Å². The van der Waals surface area contributed by atoms with E-state index in [0.717, 1.165) is 31.3 Å². The lowest BCUT2D eigenvalue weighted by molar-refractivity contribution is -0.132. The Morgan fingerprint density at radius 1 is 1.40 bits per heavy atom. The summed E-state index contributed by atoms with van der Waals surface area (Å²) in [6, 6.07) is 2.06. The van der Waals surface area contributed by atoms with Gasteiger partial charge in [0, 0.05) is 10.5 Å². The van der Waals surface area contributed by atoms with Gasteiger partial charge in [-0.1, -0.05) is 0 Å². The van der Waals surface area contributed by atoms with Crippen LogP contribution in [0.5, 0.6) is 0 Å². The molecule has 0 saturated heterocycles. The van der Waals surface area contributed by atoms with Crippen molar-refractivity contribution in [1.82, 2.24) is 0 Å². The van der Waals surface area contributed by atoms with Crippen molar-refractivity contribution in [3.63, 3.8) is 0 Å². The molecule has 1 N–H and O–H groups in total. The van der Waals surface area contributed by atoms with Gasteiger partial charge in [-0.2, -0.15) is 0 Å². The summed E-state index contributed by atoms with van der Waals surface area (Å²) in [6.45, 7) is 2.05. The number of aliphatic carboxylic acids is 1. The third-order valence-corrected chi connectivity index (χ3v) is 3.94. The SMILES string of the molecule is Cc1ccsc1C1=C(C(=O)O)CCCC1. The Kier molecular flexibility index (Phi) is 2.91. The number of hydrogen-bond donors (Lipinski definition) is 1. The summed E-state index contributed by atoms with van der Waals surface area (Å²) < 4.78 is 0. The molecule has 1 aromatic heterocycles. The maximum atomic E-state index is 11.1. The first kappa shape index (κ1) is 10.4. The molecule has 80 valence electrons. The Labute approximate surface area is 93.3 Å². The molecule has 3 heteroatoms. The smallest absolute Gasteiger partial charge is 0.331 e. The number of aryl methyl sites for hydroxylation is 1.